The molecule has 0 bridgehead atoms. The van der Waals surface area contributed by atoms with Gasteiger partial charge in [0.25, 0.3) is 11.8 Å². The van der Waals surface area contributed by atoms with E-state index in [2.05, 4.69) is 17.3 Å². The summed E-state index contributed by atoms with van der Waals surface area (Å²) in [5.41, 5.74) is -0.546. The number of nitrogens with zero attached hydrogens (tertiary/aromatic N) is 3. The minimum Gasteiger partial charge on any atom is -0.462 e. The number of hydrazone groups is 1. The molecular formula is C37H47ClN4O7. The molecular weight excluding hydrogens is 648 g/mol. The summed E-state index contributed by atoms with van der Waals surface area (Å²) in [6.07, 6.45) is 12.2. The van der Waals surface area contributed by atoms with Gasteiger partial charge in [-0.3, -0.25) is 19.4 Å². The van der Waals surface area contributed by atoms with Crippen molar-refractivity contribution in [2.24, 2.45) is 5.10 Å². The summed E-state index contributed by atoms with van der Waals surface area (Å²) in [6.45, 7) is 5.50. The number of benzene rings is 2. The van der Waals surface area contributed by atoms with Crippen molar-refractivity contribution in [1.29, 1.82) is 0 Å². The number of esters is 1. The van der Waals surface area contributed by atoms with Gasteiger partial charge in [0, 0.05) is 12.6 Å². The molecule has 2 atom stereocenters. The molecule has 2 aliphatic heterocycles. The Morgan fingerprint density at radius 3 is 2.27 bits per heavy atom. The van der Waals surface area contributed by atoms with E-state index in [1.165, 1.54) is 82.0 Å². The summed E-state index contributed by atoms with van der Waals surface area (Å²) >= 11 is 6.40. The second kappa shape index (κ2) is 17.9. The van der Waals surface area contributed by atoms with Crippen LogP contribution in [0.3, 0.4) is 0 Å². The summed E-state index contributed by atoms with van der Waals surface area (Å²) in [6, 6.07) is 10.7. The topological polar surface area (TPSA) is 135 Å². The molecule has 3 amide bonds. The zero-order valence-corrected chi connectivity index (χ0v) is 29.4. The second-order valence-electron chi connectivity index (χ2n) is 13.0. The summed E-state index contributed by atoms with van der Waals surface area (Å²) < 4.78 is 10.7. The SMILES string of the molecule is CCCCCCCCCCCCOC(=O)c1ccc(Cl)c(NC(=O)C(C(=O)C2CC=NN2Cc2ccccc2)N2C(=O)OC(C)(C)C2=O)c1. The van der Waals surface area contributed by atoms with E-state index < -0.39 is 47.3 Å². The van der Waals surface area contributed by atoms with E-state index in [4.69, 9.17) is 21.1 Å². The lowest BCUT2D eigenvalue weighted by atomic mass is 9.98. The fourth-order valence-electron chi connectivity index (χ4n) is 5.89. The number of anilines is 1. The molecule has 4 rings (SSSR count). The summed E-state index contributed by atoms with van der Waals surface area (Å²) in [5.74, 6) is -3.14. The molecule has 0 spiro atoms. The lowest BCUT2D eigenvalue weighted by Crippen LogP contribution is -2.57. The molecule has 12 heteroatoms. The monoisotopic (exact) mass is 694 g/mol. The van der Waals surface area contributed by atoms with E-state index in [9.17, 15) is 24.0 Å². The van der Waals surface area contributed by atoms with E-state index in [1.807, 2.05) is 30.3 Å². The van der Waals surface area contributed by atoms with Crippen LogP contribution in [-0.2, 0) is 30.4 Å². The van der Waals surface area contributed by atoms with E-state index in [0.29, 0.717) is 4.90 Å². The fourth-order valence-corrected chi connectivity index (χ4v) is 6.05. The normalized spacial score (nSPS) is 17.3. The molecule has 2 aliphatic rings. The number of imide groups is 1. The Morgan fingerprint density at radius 1 is 0.980 bits per heavy atom. The van der Waals surface area contributed by atoms with Gasteiger partial charge < -0.3 is 14.8 Å². The Morgan fingerprint density at radius 2 is 1.63 bits per heavy atom. The molecule has 1 N–H and O–H groups in total. The first-order valence-corrected chi connectivity index (χ1v) is 17.6. The molecule has 1 fully saturated rings. The van der Waals surface area contributed by atoms with Crippen LogP contribution in [0.2, 0.25) is 5.02 Å². The number of hydrogen-bond donors (Lipinski definition) is 1. The van der Waals surface area contributed by atoms with Gasteiger partial charge in [0.1, 0.15) is 6.04 Å². The molecule has 0 aromatic heterocycles. The highest BCUT2D eigenvalue weighted by atomic mass is 35.5. The minimum atomic E-state index is -1.89. The lowest BCUT2D eigenvalue weighted by molar-refractivity contribution is -0.144. The number of ether oxygens (including phenoxy) is 2. The highest BCUT2D eigenvalue weighted by molar-refractivity contribution is 6.34. The van der Waals surface area contributed by atoms with Gasteiger partial charge in [0.05, 0.1) is 29.4 Å². The van der Waals surface area contributed by atoms with E-state index >= 15 is 0 Å². The van der Waals surface area contributed by atoms with Gasteiger partial charge in [-0.2, -0.15) is 5.10 Å². The third kappa shape index (κ3) is 10.1. The standard InChI is InChI=1S/C37H47ClN4O7/c1-4-5-6-7-8-9-10-11-12-16-23-48-34(45)27-19-20-28(38)29(24-27)40-33(44)31(42-35(46)37(2,3)49-36(42)47)32(43)30-21-22-39-41(30)25-26-17-14-13-15-18-26/h13-15,17-20,22,24,30-31H,4-12,16,21,23,25H2,1-3H3,(H,40,44). The average molecular weight is 695 g/mol. The van der Waals surface area contributed by atoms with Crippen molar-refractivity contribution in [2.75, 3.05) is 11.9 Å². The lowest BCUT2D eigenvalue weighted by Gasteiger charge is -2.29. The van der Waals surface area contributed by atoms with E-state index in [0.717, 1.165) is 24.8 Å². The summed E-state index contributed by atoms with van der Waals surface area (Å²) in [7, 11) is 0. The predicted octanol–water partition coefficient (Wildman–Crippen LogP) is 7.31. The molecule has 2 aromatic rings. The van der Waals surface area contributed by atoms with Gasteiger partial charge >= 0.3 is 12.1 Å². The van der Waals surface area contributed by atoms with Gasteiger partial charge in [-0.15, -0.1) is 0 Å². The number of hydrogen-bond acceptors (Lipinski definition) is 9. The molecule has 2 aromatic carbocycles. The molecule has 2 heterocycles. The number of halogens is 1. The van der Waals surface area contributed by atoms with Gasteiger partial charge in [-0.25, -0.2) is 14.5 Å². The average Bonchev–Trinajstić information content (AvgIpc) is 3.61. The number of rotatable bonds is 19. The first kappa shape index (κ1) is 37.6. The van der Waals surface area contributed by atoms with Crippen molar-refractivity contribution in [1.82, 2.24) is 9.91 Å². The maximum absolute atomic E-state index is 14.1. The number of ketones is 1. The number of cyclic esters (lactones) is 1. The van der Waals surface area contributed by atoms with Crippen molar-refractivity contribution >= 4 is 53.2 Å². The maximum atomic E-state index is 14.1. The Hall–Kier alpha value is -4.25. The van der Waals surface area contributed by atoms with Crippen molar-refractivity contribution in [2.45, 2.75) is 116 Å². The van der Waals surface area contributed by atoms with Crippen LogP contribution >= 0.6 is 11.6 Å². The van der Waals surface area contributed by atoms with Crippen LogP contribution in [0.25, 0.3) is 0 Å². The molecule has 2 unspecified atom stereocenters. The van der Waals surface area contributed by atoms with Crippen molar-refractivity contribution in [3.8, 4) is 0 Å². The number of Topliss-reactive ketones (excluding diaryl/α,β-unsaturated/α-hetero) is 1. The Labute approximate surface area is 293 Å². The number of carbonyl (C=O) groups is 5. The highest BCUT2D eigenvalue weighted by Gasteiger charge is 2.55. The van der Waals surface area contributed by atoms with Gasteiger partial charge in [0.2, 0.25) is 0 Å². The van der Waals surface area contributed by atoms with Crippen LogP contribution in [0.5, 0.6) is 0 Å². The second-order valence-corrected chi connectivity index (χ2v) is 13.4. The molecule has 1 saturated heterocycles. The Bertz CT molecular complexity index is 1510. The third-order valence-electron chi connectivity index (χ3n) is 8.67. The molecule has 0 saturated carbocycles. The number of carbonyl (C=O) groups excluding carboxylic acids is 5. The van der Waals surface area contributed by atoms with Crippen molar-refractivity contribution < 1.29 is 33.4 Å². The van der Waals surface area contributed by atoms with Crippen molar-refractivity contribution in [3.63, 3.8) is 0 Å². The van der Waals surface area contributed by atoms with Crippen molar-refractivity contribution in [3.05, 3.63) is 64.7 Å². The van der Waals surface area contributed by atoms with E-state index in [1.54, 1.807) is 6.21 Å². The smallest absolute Gasteiger partial charge is 0.418 e. The van der Waals surface area contributed by atoms with Crippen LogP contribution in [0.1, 0.15) is 107 Å². The van der Waals surface area contributed by atoms with Gasteiger partial charge in [-0.05, 0) is 44.0 Å². The van der Waals surface area contributed by atoms with Crippen LogP contribution in [0.15, 0.2) is 53.6 Å². The largest absolute Gasteiger partial charge is 0.462 e. The van der Waals surface area contributed by atoms with E-state index in [-0.39, 0.29) is 35.8 Å². The summed E-state index contributed by atoms with van der Waals surface area (Å²) in [4.78, 5) is 67.7. The van der Waals surface area contributed by atoms with Crippen LogP contribution in [0, 0.1) is 0 Å². The zero-order chi connectivity index (χ0) is 35.4. The van der Waals surface area contributed by atoms with Crippen LogP contribution in [-0.4, -0.2) is 70.1 Å². The summed E-state index contributed by atoms with van der Waals surface area (Å²) in [5, 5.41) is 8.49. The highest BCUT2D eigenvalue weighted by Crippen LogP contribution is 2.30. The Balaban J connectivity index is 1.41. The first-order chi connectivity index (χ1) is 23.5. The molecule has 49 heavy (non-hydrogen) atoms. The predicted molar refractivity (Wildman–Crippen MR) is 187 cm³/mol. The molecule has 11 nitrogen and oxygen atoms in total. The fraction of sp³-hybridized carbons (Fsp3) is 0.514. The van der Waals surface area contributed by atoms with Crippen LogP contribution in [0.4, 0.5) is 10.5 Å². The van der Waals surface area contributed by atoms with Gasteiger partial charge in [-0.1, -0.05) is 107 Å². The third-order valence-corrected chi connectivity index (χ3v) is 9.00. The Kier molecular flexibility index (Phi) is 13.8. The maximum Gasteiger partial charge on any atom is 0.418 e. The molecule has 264 valence electrons. The molecule has 0 aliphatic carbocycles. The van der Waals surface area contributed by atoms with Gasteiger partial charge in [0.15, 0.2) is 17.4 Å². The minimum absolute atomic E-state index is 0.0148. The van der Waals surface area contributed by atoms with Crippen LogP contribution < -0.4 is 5.32 Å². The molecule has 0 radical (unpaired) electrons. The number of amides is 3. The number of unbranched alkanes of at least 4 members (excludes halogenated alkanes) is 9. The zero-order valence-electron chi connectivity index (χ0n) is 28.6. The number of nitrogens with one attached hydrogen (secondary N) is 1. The quantitative estimate of drug-likeness (QED) is 0.0919. The first-order valence-electron chi connectivity index (χ1n) is 17.2.